The van der Waals surface area contributed by atoms with Gasteiger partial charge in [0, 0.05) is 18.5 Å². The van der Waals surface area contributed by atoms with Crippen molar-refractivity contribution in [2.45, 2.75) is 19.8 Å². The van der Waals surface area contributed by atoms with Gasteiger partial charge in [0.05, 0.1) is 5.69 Å². The number of anilines is 2. The number of benzene rings is 3. The van der Waals surface area contributed by atoms with Gasteiger partial charge in [-0.25, -0.2) is 5.01 Å². The first-order valence-electron chi connectivity index (χ1n) is 9.70. The van der Waals surface area contributed by atoms with E-state index in [2.05, 4.69) is 10.4 Å². The molecule has 0 aliphatic carbocycles. The molecule has 0 aromatic heterocycles. The molecule has 3 aromatic rings. The van der Waals surface area contributed by atoms with Gasteiger partial charge in [0.1, 0.15) is 17.2 Å². The van der Waals surface area contributed by atoms with Crippen LogP contribution in [0.3, 0.4) is 0 Å². The van der Waals surface area contributed by atoms with Crippen LogP contribution in [0.4, 0.5) is 11.4 Å². The van der Waals surface area contributed by atoms with E-state index in [0.29, 0.717) is 29.3 Å². The first-order chi connectivity index (χ1) is 14.6. The van der Waals surface area contributed by atoms with Crippen LogP contribution in [0, 0.1) is 6.92 Å². The van der Waals surface area contributed by atoms with Crippen LogP contribution in [0.15, 0.2) is 84.0 Å². The average molecular weight is 399 g/mol. The number of aryl methyl sites for hydroxylation is 1. The molecule has 1 aliphatic rings. The SMILES string of the molecule is Cc1ccccc1N1N=C(C(=O)Nc2ccc(Oc3ccccc3)cc2)CCC1=O. The number of carbonyl (C=O) groups excluding carboxylic acids is 2. The molecule has 0 bridgehead atoms. The summed E-state index contributed by atoms with van der Waals surface area (Å²) in [5, 5.41) is 8.49. The standard InChI is InChI=1S/C24H21N3O3/c1-17-7-5-6-10-22(17)27-23(28)16-15-21(26-27)24(29)25-18-11-13-20(14-12-18)30-19-8-3-2-4-9-19/h2-14H,15-16H2,1H3,(H,25,29). The molecule has 0 radical (unpaired) electrons. The molecule has 4 rings (SSSR count). The van der Waals surface area contributed by atoms with Crippen molar-refractivity contribution in [3.8, 4) is 11.5 Å². The number of hydrogen-bond acceptors (Lipinski definition) is 4. The Morgan fingerprint density at radius 3 is 2.30 bits per heavy atom. The molecular weight excluding hydrogens is 378 g/mol. The van der Waals surface area contributed by atoms with Crippen molar-refractivity contribution in [2.75, 3.05) is 10.3 Å². The highest BCUT2D eigenvalue weighted by atomic mass is 16.5. The van der Waals surface area contributed by atoms with Crippen LogP contribution in [-0.4, -0.2) is 17.5 Å². The zero-order valence-electron chi connectivity index (χ0n) is 16.5. The highest BCUT2D eigenvalue weighted by Crippen LogP contribution is 2.25. The van der Waals surface area contributed by atoms with Crippen LogP contribution in [0.25, 0.3) is 0 Å². The first-order valence-corrected chi connectivity index (χ1v) is 9.70. The second kappa shape index (κ2) is 8.61. The van der Waals surface area contributed by atoms with Crippen molar-refractivity contribution >= 4 is 28.9 Å². The summed E-state index contributed by atoms with van der Waals surface area (Å²) in [5.74, 6) is 0.971. The van der Waals surface area contributed by atoms with E-state index < -0.39 is 0 Å². The van der Waals surface area contributed by atoms with Gasteiger partial charge in [-0.15, -0.1) is 0 Å². The topological polar surface area (TPSA) is 71.0 Å². The number of nitrogens with zero attached hydrogens (tertiary/aromatic N) is 2. The van der Waals surface area contributed by atoms with Crippen molar-refractivity contribution in [3.63, 3.8) is 0 Å². The Bertz CT molecular complexity index is 1090. The maximum absolute atomic E-state index is 12.7. The molecule has 1 N–H and O–H groups in total. The number of ether oxygens (including phenoxy) is 1. The van der Waals surface area contributed by atoms with E-state index >= 15 is 0 Å². The summed E-state index contributed by atoms with van der Waals surface area (Å²) in [6.45, 7) is 1.91. The molecule has 2 amide bonds. The normalized spacial score (nSPS) is 13.6. The van der Waals surface area contributed by atoms with Gasteiger partial charge in [0.25, 0.3) is 5.91 Å². The largest absolute Gasteiger partial charge is 0.457 e. The average Bonchev–Trinajstić information content (AvgIpc) is 2.77. The molecule has 6 heteroatoms. The minimum atomic E-state index is -0.321. The maximum atomic E-state index is 12.7. The zero-order chi connectivity index (χ0) is 20.9. The van der Waals surface area contributed by atoms with Gasteiger partial charge in [0.2, 0.25) is 5.91 Å². The molecule has 6 nitrogen and oxygen atoms in total. The van der Waals surface area contributed by atoms with E-state index in [1.165, 1.54) is 5.01 Å². The maximum Gasteiger partial charge on any atom is 0.271 e. The molecule has 1 heterocycles. The van der Waals surface area contributed by atoms with Gasteiger partial charge in [-0.3, -0.25) is 9.59 Å². The third-order valence-corrected chi connectivity index (χ3v) is 4.73. The highest BCUT2D eigenvalue weighted by Gasteiger charge is 2.26. The van der Waals surface area contributed by atoms with E-state index in [9.17, 15) is 9.59 Å². The van der Waals surface area contributed by atoms with Crippen molar-refractivity contribution < 1.29 is 14.3 Å². The number of amides is 2. The lowest BCUT2D eigenvalue weighted by Crippen LogP contribution is -2.36. The molecule has 150 valence electrons. The Labute approximate surface area is 174 Å². The fourth-order valence-corrected chi connectivity index (χ4v) is 3.14. The molecule has 0 saturated heterocycles. The van der Waals surface area contributed by atoms with Crippen LogP contribution in [0.5, 0.6) is 11.5 Å². The lowest BCUT2D eigenvalue weighted by atomic mass is 10.1. The summed E-state index contributed by atoms with van der Waals surface area (Å²) in [7, 11) is 0. The number of nitrogens with one attached hydrogen (secondary N) is 1. The minimum Gasteiger partial charge on any atom is -0.457 e. The third-order valence-electron chi connectivity index (χ3n) is 4.73. The lowest BCUT2D eigenvalue weighted by Gasteiger charge is -2.24. The van der Waals surface area contributed by atoms with Crippen LogP contribution in [0.1, 0.15) is 18.4 Å². The summed E-state index contributed by atoms with van der Waals surface area (Å²) in [6, 6.07) is 24.1. The van der Waals surface area contributed by atoms with E-state index in [0.717, 1.165) is 11.3 Å². The zero-order valence-corrected chi connectivity index (χ0v) is 16.5. The van der Waals surface area contributed by atoms with E-state index in [1.807, 2.05) is 61.5 Å². The molecule has 0 unspecified atom stereocenters. The van der Waals surface area contributed by atoms with Gasteiger partial charge in [-0.1, -0.05) is 36.4 Å². The summed E-state index contributed by atoms with van der Waals surface area (Å²) in [5.41, 5.74) is 2.56. The quantitative estimate of drug-likeness (QED) is 0.663. The second-order valence-corrected chi connectivity index (χ2v) is 6.93. The van der Waals surface area contributed by atoms with E-state index in [1.54, 1.807) is 24.3 Å². The molecule has 0 fully saturated rings. The minimum absolute atomic E-state index is 0.122. The van der Waals surface area contributed by atoms with Gasteiger partial charge >= 0.3 is 0 Å². The van der Waals surface area contributed by atoms with Gasteiger partial charge in [-0.05, 0) is 55.0 Å². The summed E-state index contributed by atoms with van der Waals surface area (Å²) >= 11 is 0. The first kappa shape index (κ1) is 19.4. The predicted octanol–water partition coefficient (Wildman–Crippen LogP) is 4.91. The molecule has 3 aromatic carbocycles. The summed E-state index contributed by atoms with van der Waals surface area (Å²) in [4.78, 5) is 25.0. The van der Waals surface area contributed by atoms with Crippen molar-refractivity contribution in [3.05, 3.63) is 84.4 Å². The van der Waals surface area contributed by atoms with Gasteiger partial charge in [-0.2, -0.15) is 5.10 Å². The molecular formula is C24H21N3O3. The van der Waals surface area contributed by atoms with Gasteiger partial charge in [0.15, 0.2) is 0 Å². The summed E-state index contributed by atoms with van der Waals surface area (Å²) < 4.78 is 5.76. The molecule has 30 heavy (non-hydrogen) atoms. The number of rotatable bonds is 5. The predicted molar refractivity (Wildman–Crippen MR) is 117 cm³/mol. The summed E-state index contributed by atoms with van der Waals surface area (Å²) in [6.07, 6.45) is 0.548. The van der Waals surface area contributed by atoms with Crippen molar-refractivity contribution in [1.29, 1.82) is 0 Å². The van der Waals surface area contributed by atoms with Crippen LogP contribution < -0.4 is 15.1 Å². The fraction of sp³-hybridized carbons (Fsp3) is 0.125. The fourth-order valence-electron chi connectivity index (χ4n) is 3.14. The second-order valence-electron chi connectivity index (χ2n) is 6.93. The molecule has 0 saturated carbocycles. The van der Waals surface area contributed by atoms with E-state index in [-0.39, 0.29) is 18.2 Å². The van der Waals surface area contributed by atoms with Crippen molar-refractivity contribution in [2.24, 2.45) is 5.10 Å². The van der Waals surface area contributed by atoms with Gasteiger partial charge < -0.3 is 10.1 Å². The number of carbonyl (C=O) groups is 2. The molecule has 1 aliphatic heterocycles. The smallest absolute Gasteiger partial charge is 0.271 e. The van der Waals surface area contributed by atoms with Crippen molar-refractivity contribution in [1.82, 2.24) is 0 Å². The van der Waals surface area contributed by atoms with E-state index in [4.69, 9.17) is 4.74 Å². The Hall–Kier alpha value is -3.93. The van der Waals surface area contributed by atoms with Crippen LogP contribution >= 0.6 is 0 Å². The Morgan fingerprint density at radius 2 is 1.57 bits per heavy atom. The number of hydrazone groups is 1. The van der Waals surface area contributed by atoms with Crippen LogP contribution in [0.2, 0.25) is 0 Å². The molecule has 0 atom stereocenters. The Morgan fingerprint density at radius 1 is 0.900 bits per heavy atom. The monoisotopic (exact) mass is 399 g/mol. The lowest BCUT2D eigenvalue weighted by molar-refractivity contribution is -0.118. The van der Waals surface area contributed by atoms with Crippen LogP contribution in [-0.2, 0) is 9.59 Å². The number of para-hydroxylation sites is 2. The third kappa shape index (κ3) is 4.38. The Balaban J connectivity index is 1.46. The molecule has 0 spiro atoms. The number of hydrogen-bond donors (Lipinski definition) is 1. The Kier molecular flexibility index (Phi) is 5.57. The highest BCUT2D eigenvalue weighted by molar-refractivity contribution is 6.44.